The normalized spacial score (nSPS) is 10.9. The van der Waals surface area contributed by atoms with Crippen LogP contribution in [0.2, 0.25) is 0 Å². The lowest BCUT2D eigenvalue weighted by atomic mass is 10.5. The summed E-state index contributed by atoms with van der Waals surface area (Å²) in [6.07, 6.45) is 1.41. The lowest BCUT2D eigenvalue weighted by Gasteiger charge is -2.06. The first-order chi connectivity index (χ1) is 11.8. The van der Waals surface area contributed by atoms with E-state index in [4.69, 9.17) is 23.1 Å². The second-order valence-corrected chi connectivity index (χ2v) is 7.43. The average Bonchev–Trinajstić information content (AvgIpc) is 2.59. The summed E-state index contributed by atoms with van der Waals surface area (Å²) in [5.41, 5.74) is 0. The Balaban J connectivity index is 3.10. The van der Waals surface area contributed by atoms with Crippen molar-refractivity contribution in [1.29, 1.82) is 0 Å². The maximum absolute atomic E-state index is 11.5. The van der Waals surface area contributed by atoms with E-state index in [0.717, 1.165) is 18.8 Å². The highest BCUT2D eigenvalue weighted by Gasteiger charge is 2.01. The minimum Gasteiger partial charge on any atom is -0.385 e. The standard InChI is InChI=1S/C14H29NO6S3/c1-17-5-3-12-22-15-14(16)4-13-23-24-21-11-10-20-9-8-19-7-6-18-2/h3-13H2,1-2H3,(H,15,16). The monoisotopic (exact) mass is 403 g/mol. The molecule has 144 valence electrons. The molecular weight excluding hydrogens is 374 g/mol. The predicted molar refractivity (Wildman–Crippen MR) is 101 cm³/mol. The fourth-order valence-electron chi connectivity index (χ4n) is 1.25. The van der Waals surface area contributed by atoms with E-state index in [2.05, 4.69) is 4.72 Å². The molecule has 0 aliphatic heterocycles. The van der Waals surface area contributed by atoms with Crippen molar-refractivity contribution < 1.29 is 27.9 Å². The highest BCUT2D eigenvalue weighted by Crippen LogP contribution is 2.22. The van der Waals surface area contributed by atoms with Crippen molar-refractivity contribution in [3.8, 4) is 0 Å². The third-order valence-corrected chi connectivity index (χ3v) is 5.08. The van der Waals surface area contributed by atoms with Crippen LogP contribution in [0.5, 0.6) is 0 Å². The van der Waals surface area contributed by atoms with Gasteiger partial charge in [-0.3, -0.25) is 4.79 Å². The molecule has 0 rings (SSSR count). The summed E-state index contributed by atoms with van der Waals surface area (Å²) >= 11 is 2.72. The Morgan fingerprint density at radius 3 is 2.25 bits per heavy atom. The molecule has 0 aromatic heterocycles. The van der Waals surface area contributed by atoms with Crippen molar-refractivity contribution in [2.75, 3.05) is 72.0 Å². The molecule has 0 saturated heterocycles. The molecule has 0 saturated carbocycles. The van der Waals surface area contributed by atoms with E-state index in [0.29, 0.717) is 51.8 Å². The maximum atomic E-state index is 11.5. The van der Waals surface area contributed by atoms with Crippen LogP contribution < -0.4 is 4.72 Å². The Hall–Kier alpha value is 0.320. The third kappa shape index (κ3) is 20.4. The summed E-state index contributed by atoms with van der Waals surface area (Å²) in [6, 6.07) is 0. The topological polar surface area (TPSA) is 75.3 Å². The van der Waals surface area contributed by atoms with E-state index in [1.807, 2.05) is 0 Å². The molecule has 0 bridgehead atoms. The zero-order chi connectivity index (χ0) is 17.7. The van der Waals surface area contributed by atoms with Crippen LogP contribution in [0.1, 0.15) is 12.8 Å². The van der Waals surface area contributed by atoms with Gasteiger partial charge in [-0.15, -0.1) is 0 Å². The molecule has 1 N–H and O–H groups in total. The van der Waals surface area contributed by atoms with E-state index < -0.39 is 0 Å². The molecule has 0 fully saturated rings. The van der Waals surface area contributed by atoms with Crippen molar-refractivity contribution in [2.24, 2.45) is 0 Å². The molecule has 0 unspecified atom stereocenters. The van der Waals surface area contributed by atoms with Crippen LogP contribution in [0.4, 0.5) is 0 Å². The van der Waals surface area contributed by atoms with E-state index in [-0.39, 0.29) is 5.91 Å². The Morgan fingerprint density at radius 2 is 1.54 bits per heavy atom. The van der Waals surface area contributed by atoms with E-state index >= 15 is 0 Å². The van der Waals surface area contributed by atoms with Gasteiger partial charge in [0.05, 0.1) is 50.7 Å². The summed E-state index contributed by atoms with van der Waals surface area (Å²) in [5, 5.41) is 0. The average molecular weight is 404 g/mol. The molecule has 0 atom stereocenters. The van der Waals surface area contributed by atoms with Gasteiger partial charge in [0, 0.05) is 38.8 Å². The van der Waals surface area contributed by atoms with Crippen LogP contribution in [-0.2, 0) is 27.9 Å². The highest BCUT2D eigenvalue weighted by molar-refractivity contribution is 8.74. The number of hydrogen-bond donors (Lipinski definition) is 1. The summed E-state index contributed by atoms with van der Waals surface area (Å²) < 4.78 is 28.5. The molecule has 0 aliphatic carbocycles. The van der Waals surface area contributed by atoms with Crippen LogP contribution in [0.15, 0.2) is 0 Å². The predicted octanol–water partition coefficient (Wildman–Crippen LogP) is 2.17. The van der Waals surface area contributed by atoms with Crippen molar-refractivity contribution in [1.82, 2.24) is 4.72 Å². The molecule has 0 aliphatic rings. The van der Waals surface area contributed by atoms with E-state index in [1.165, 1.54) is 33.8 Å². The minimum atomic E-state index is 0.0438. The van der Waals surface area contributed by atoms with Crippen molar-refractivity contribution in [2.45, 2.75) is 12.8 Å². The zero-order valence-corrected chi connectivity index (χ0v) is 16.9. The lowest BCUT2D eigenvalue weighted by Crippen LogP contribution is -2.16. The van der Waals surface area contributed by atoms with E-state index in [1.54, 1.807) is 14.2 Å². The van der Waals surface area contributed by atoms with Gasteiger partial charge in [-0.25, -0.2) is 0 Å². The van der Waals surface area contributed by atoms with Gasteiger partial charge in [0.1, 0.15) is 0 Å². The first-order valence-corrected chi connectivity index (χ1v) is 11.0. The van der Waals surface area contributed by atoms with Gasteiger partial charge in [0.15, 0.2) is 0 Å². The Bertz CT molecular complexity index is 277. The highest BCUT2D eigenvalue weighted by atomic mass is 33.1. The van der Waals surface area contributed by atoms with Crippen LogP contribution in [-0.4, -0.2) is 77.9 Å². The Kier molecular flexibility index (Phi) is 21.6. The van der Waals surface area contributed by atoms with Crippen molar-refractivity contribution in [3.63, 3.8) is 0 Å². The number of methoxy groups -OCH3 is 2. The van der Waals surface area contributed by atoms with Gasteiger partial charge in [0.25, 0.3) is 0 Å². The summed E-state index contributed by atoms with van der Waals surface area (Å²) in [5.74, 6) is 1.62. The van der Waals surface area contributed by atoms with Gasteiger partial charge in [-0.2, -0.15) is 0 Å². The number of hydrogen-bond acceptors (Lipinski definition) is 9. The first-order valence-electron chi connectivity index (χ1n) is 7.76. The SMILES string of the molecule is COCCCSNC(=O)CCSSOCCOCCOCCOC. The van der Waals surface area contributed by atoms with Crippen LogP contribution in [0, 0.1) is 0 Å². The Labute approximate surface area is 157 Å². The largest absolute Gasteiger partial charge is 0.385 e. The number of rotatable bonds is 19. The number of amides is 1. The maximum Gasteiger partial charge on any atom is 0.230 e. The molecule has 10 heteroatoms. The van der Waals surface area contributed by atoms with Gasteiger partial charge >= 0.3 is 0 Å². The number of nitrogens with one attached hydrogen (secondary N) is 1. The molecule has 1 amide bonds. The second kappa shape index (κ2) is 21.4. The van der Waals surface area contributed by atoms with Gasteiger partial charge in [-0.1, -0.05) is 22.7 Å². The smallest absolute Gasteiger partial charge is 0.230 e. The molecular formula is C14H29NO6S3. The molecule has 0 heterocycles. The van der Waals surface area contributed by atoms with E-state index in [9.17, 15) is 4.79 Å². The lowest BCUT2D eigenvalue weighted by molar-refractivity contribution is -0.118. The van der Waals surface area contributed by atoms with Crippen LogP contribution in [0.25, 0.3) is 0 Å². The fourth-order valence-corrected chi connectivity index (χ4v) is 3.28. The Morgan fingerprint density at radius 1 is 0.875 bits per heavy atom. The van der Waals surface area contributed by atoms with Gasteiger partial charge in [0.2, 0.25) is 5.91 Å². The number of carbonyl (C=O) groups excluding carboxylic acids is 1. The molecule has 0 aromatic rings. The summed E-state index contributed by atoms with van der Waals surface area (Å²) in [7, 11) is 4.83. The fraction of sp³-hybridized carbons (Fsp3) is 0.929. The zero-order valence-electron chi connectivity index (χ0n) is 14.5. The number of carbonyl (C=O) groups is 1. The van der Waals surface area contributed by atoms with Crippen LogP contribution in [0.3, 0.4) is 0 Å². The van der Waals surface area contributed by atoms with Gasteiger partial charge in [-0.05, 0) is 6.42 Å². The summed E-state index contributed by atoms with van der Waals surface area (Å²) in [4.78, 5) is 11.5. The summed E-state index contributed by atoms with van der Waals surface area (Å²) in [6.45, 7) is 4.05. The van der Waals surface area contributed by atoms with Crippen molar-refractivity contribution in [3.05, 3.63) is 0 Å². The number of ether oxygens (including phenoxy) is 4. The second-order valence-electron chi connectivity index (χ2n) is 4.40. The van der Waals surface area contributed by atoms with Crippen molar-refractivity contribution >= 4 is 39.7 Å². The quantitative estimate of drug-likeness (QED) is 0.151. The third-order valence-electron chi connectivity index (χ3n) is 2.40. The van der Waals surface area contributed by atoms with Crippen LogP contribution >= 0.6 is 33.8 Å². The minimum absolute atomic E-state index is 0.0438. The molecule has 7 nitrogen and oxygen atoms in total. The molecule has 0 radical (unpaired) electrons. The molecule has 24 heavy (non-hydrogen) atoms. The van der Waals surface area contributed by atoms with Gasteiger partial charge < -0.3 is 27.9 Å². The molecule has 0 spiro atoms. The molecule has 0 aromatic carbocycles. The first kappa shape index (κ1) is 24.3.